The van der Waals surface area contributed by atoms with Gasteiger partial charge in [-0.15, -0.1) is 0 Å². The summed E-state index contributed by atoms with van der Waals surface area (Å²) in [4.78, 5) is 4.22. The van der Waals surface area contributed by atoms with Crippen LogP contribution in [0, 0.1) is 0 Å². The van der Waals surface area contributed by atoms with Crippen LogP contribution in [0.4, 0.5) is 5.69 Å². The smallest absolute Gasteiger partial charge is 0.266 e. The molecule has 1 aromatic carbocycles. The number of pyridine rings is 1. The molecule has 0 saturated heterocycles. The SMILES string of the molecule is CN(c1ccncc1)S(=O)(=O)c1cn(C)c2ccccc12. The average Bonchev–Trinajstić information content (AvgIpc) is 2.86. The van der Waals surface area contributed by atoms with E-state index in [1.54, 1.807) is 37.8 Å². The minimum absolute atomic E-state index is 0.305. The van der Waals surface area contributed by atoms with E-state index in [-0.39, 0.29) is 0 Å². The summed E-state index contributed by atoms with van der Waals surface area (Å²) < 4.78 is 28.8. The number of nitrogens with zero attached hydrogens (tertiary/aromatic N) is 3. The normalized spacial score (nSPS) is 11.7. The average molecular weight is 301 g/mol. The zero-order valence-electron chi connectivity index (χ0n) is 11.8. The number of benzene rings is 1. The Bertz CT molecular complexity index is 886. The van der Waals surface area contributed by atoms with Gasteiger partial charge in [-0.05, 0) is 18.2 Å². The molecule has 0 aliphatic rings. The fourth-order valence-electron chi connectivity index (χ4n) is 2.35. The minimum atomic E-state index is -3.61. The second-order valence-corrected chi connectivity index (χ2v) is 6.74. The maximum Gasteiger partial charge on any atom is 0.266 e. The maximum atomic E-state index is 12.9. The van der Waals surface area contributed by atoms with E-state index in [1.807, 2.05) is 35.9 Å². The van der Waals surface area contributed by atoms with Crippen molar-refractivity contribution >= 4 is 26.6 Å². The summed E-state index contributed by atoms with van der Waals surface area (Å²) in [5, 5.41) is 0.723. The van der Waals surface area contributed by atoms with Gasteiger partial charge in [-0.25, -0.2) is 8.42 Å². The molecule has 0 spiro atoms. The largest absolute Gasteiger partial charge is 0.349 e. The predicted molar refractivity (Wildman–Crippen MR) is 82.7 cm³/mol. The van der Waals surface area contributed by atoms with Crippen LogP contribution in [0.3, 0.4) is 0 Å². The molecule has 0 bridgehead atoms. The predicted octanol–water partition coefficient (Wildman–Crippen LogP) is 2.40. The lowest BCUT2D eigenvalue weighted by atomic mass is 10.2. The molecule has 0 aliphatic carbocycles. The molecule has 0 aliphatic heterocycles. The summed E-state index contributed by atoms with van der Waals surface area (Å²) in [6.45, 7) is 0. The van der Waals surface area contributed by atoms with Gasteiger partial charge in [0.05, 0.1) is 5.69 Å². The standard InChI is InChI=1S/C15H15N3O2S/c1-17-11-15(13-5-3-4-6-14(13)17)21(19,20)18(2)12-7-9-16-10-8-12/h3-11H,1-2H3. The molecule has 2 aromatic heterocycles. The summed E-state index contributed by atoms with van der Waals surface area (Å²) in [6.07, 6.45) is 4.80. The van der Waals surface area contributed by atoms with Crippen LogP contribution in [-0.4, -0.2) is 25.0 Å². The van der Waals surface area contributed by atoms with E-state index < -0.39 is 10.0 Å². The molecule has 0 N–H and O–H groups in total. The van der Waals surface area contributed by atoms with Gasteiger partial charge in [0, 0.05) is 43.6 Å². The second-order valence-electron chi connectivity index (χ2n) is 4.80. The van der Waals surface area contributed by atoms with E-state index in [9.17, 15) is 8.42 Å². The van der Waals surface area contributed by atoms with Gasteiger partial charge in [-0.2, -0.15) is 0 Å². The first-order chi connectivity index (χ1) is 10.0. The number of fused-ring (bicyclic) bond motifs is 1. The molecule has 3 aromatic rings. The van der Waals surface area contributed by atoms with Crippen molar-refractivity contribution in [1.29, 1.82) is 0 Å². The first-order valence-electron chi connectivity index (χ1n) is 6.45. The first kappa shape index (κ1) is 13.6. The number of hydrogen-bond donors (Lipinski definition) is 0. The Labute approximate surface area is 123 Å². The molecule has 2 heterocycles. The van der Waals surface area contributed by atoms with Crippen LogP contribution in [0.2, 0.25) is 0 Å². The summed E-state index contributed by atoms with van der Waals surface area (Å²) in [7, 11) is -0.224. The molecule has 0 saturated carbocycles. The van der Waals surface area contributed by atoms with Crippen molar-refractivity contribution in [2.24, 2.45) is 7.05 Å². The first-order valence-corrected chi connectivity index (χ1v) is 7.89. The van der Waals surface area contributed by atoms with Crippen molar-refractivity contribution in [3.63, 3.8) is 0 Å². The maximum absolute atomic E-state index is 12.9. The Hall–Kier alpha value is -2.34. The number of anilines is 1. The van der Waals surface area contributed by atoms with E-state index >= 15 is 0 Å². The van der Waals surface area contributed by atoms with E-state index in [0.717, 1.165) is 10.9 Å². The van der Waals surface area contributed by atoms with Crippen LogP contribution >= 0.6 is 0 Å². The van der Waals surface area contributed by atoms with E-state index in [1.165, 1.54) is 4.31 Å². The fraction of sp³-hybridized carbons (Fsp3) is 0.133. The highest BCUT2D eigenvalue weighted by Crippen LogP contribution is 2.28. The van der Waals surface area contributed by atoms with E-state index in [4.69, 9.17) is 0 Å². The Morgan fingerprint density at radius 2 is 1.76 bits per heavy atom. The zero-order chi connectivity index (χ0) is 15.0. The van der Waals surface area contributed by atoms with E-state index in [2.05, 4.69) is 4.98 Å². The number of aryl methyl sites for hydroxylation is 1. The van der Waals surface area contributed by atoms with E-state index in [0.29, 0.717) is 10.6 Å². The van der Waals surface area contributed by atoms with Crippen LogP contribution in [0.5, 0.6) is 0 Å². The third kappa shape index (κ3) is 2.17. The van der Waals surface area contributed by atoms with Crippen LogP contribution in [0.15, 0.2) is 59.9 Å². The zero-order valence-corrected chi connectivity index (χ0v) is 12.6. The summed E-state index contributed by atoms with van der Waals surface area (Å²) in [6, 6.07) is 10.8. The van der Waals surface area contributed by atoms with Gasteiger partial charge in [0.25, 0.3) is 10.0 Å². The third-order valence-corrected chi connectivity index (χ3v) is 5.34. The highest BCUT2D eigenvalue weighted by Gasteiger charge is 2.25. The molecule has 3 rings (SSSR count). The van der Waals surface area contributed by atoms with Crippen LogP contribution < -0.4 is 4.31 Å². The number of aromatic nitrogens is 2. The quantitative estimate of drug-likeness (QED) is 0.746. The molecule has 108 valence electrons. The van der Waals surface area contributed by atoms with Crippen molar-refractivity contribution in [2.75, 3.05) is 11.4 Å². The Morgan fingerprint density at radius 1 is 1.10 bits per heavy atom. The lowest BCUT2D eigenvalue weighted by Crippen LogP contribution is -2.26. The van der Waals surface area contributed by atoms with Gasteiger partial charge in [-0.1, -0.05) is 18.2 Å². The van der Waals surface area contributed by atoms with Gasteiger partial charge < -0.3 is 4.57 Å². The molecule has 21 heavy (non-hydrogen) atoms. The number of sulfonamides is 1. The molecule has 6 heteroatoms. The third-order valence-electron chi connectivity index (χ3n) is 3.53. The fourth-order valence-corrected chi connectivity index (χ4v) is 3.79. The molecule has 0 amide bonds. The highest BCUT2D eigenvalue weighted by molar-refractivity contribution is 7.93. The Morgan fingerprint density at radius 3 is 2.48 bits per heavy atom. The van der Waals surface area contributed by atoms with Crippen molar-refractivity contribution in [3.8, 4) is 0 Å². The molecule has 0 unspecified atom stereocenters. The minimum Gasteiger partial charge on any atom is -0.349 e. The molecule has 0 fully saturated rings. The van der Waals surface area contributed by atoms with Crippen LogP contribution in [0.1, 0.15) is 0 Å². The number of para-hydroxylation sites is 1. The second kappa shape index (κ2) is 4.89. The summed E-state index contributed by atoms with van der Waals surface area (Å²) in [5.41, 5.74) is 1.47. The monoisotopic (exact) mass is 301 g/mol. The van der Waals surface area contributed by atoms with Gasteiger partial charge in [-0.3, -0.25) is 9.29 Å². The Kier molecular flexibility index (Phi) is 3.17. The highest BCUT2D eigenvalue weighted by atomic mass is 32.2. The number of rotatable bonds is 3. The van der Waals surface area contributed by atoms with Crippen molar-refractivity contribution in [2.45, 2.75) is 4.90 Å². The van der Waals surface area contributed by atoms with Gasteiger partial charge in [0.2, 0.25) is 0 Å². The molecule has 0 atom stereocenters. The molecular weight excluding hydrogens is 286 g/mol. The Balaban J connectivity index is 2.17. The summed E-state index contributed by atoms with van der Waals surface area (Å²) >= 11 is 0. The van der Waals surface area contributed by atoms with Gasteiger partial charge >= 0.3 is 0 Å². The van der Waals surface area contributed by atoms with Crippen LogP contribution in [-0.2, 0) is 17.1 Å². The van der Waals surface area contributed by atoms with Crippen molar-refractivity contribution in [1.82, 2.24) is 9.55 Å². The lowest BCUT2D eigenvalue weighted by Gasteiger charge is -2.18. The number of hydrogen-bond acceptors (Lipinski definition) is 3. The lowest BCUT2D eigenvalue weighted by molar-refractivity contribution is 0.595. The van der Waals surface area contributed by atoms with Gasteiger partial charge in [0.15, 0.2) is 0 Å². The molecule has 0 radical (unpaired) electrons. The summed E-state index contributed by atoms with van der Waals surface area (Å²) in [5.74, 6) is 0. The molecule has 5 nitrogen and oxygen atoms in total. The topological polar surface area (TPSA) is 55.2 Å². The van der Waals surface area contributed by atoms with Gasteiger partial charge in [0.1, 0.15) is 4.90 Å². The van der Waals surface area contributed by atoms with Crippen molar-refractivity contribution < 1.29 is 8.42 Å². The van der Waals surface area contributed by atoms with Crippen LogP contribution in [0.25, 0.3) is 10.9 Å². The molecular formula is C15H15N3O2S. The van der Waals surface area contributed by atoms with Crippen molar-refractivity contribution in [3.05, 3.63) is 55.0 Å².